The van der Waals surface area contributed by atoms with Gasteiger partial charge in [-0.25, -0.2) is 4.98 Å². The summed E-state index contributed by atoms with van der Waals surface area (Å²) in [5, 5.41) is 14.9. The Bertz CT molecular complexity index is 1030. The van der Waals surface area contributed by atoms with E-state index in [4.69, 9.17) is 0 Å². The lowest BCUT2D eigenvalue weighted by atomic mass is 9.86. The Morgan fingerprint density at radius 1 is 1.16 bits per heavy atom. The zero-order valence-electron chi connectivity index (χ0n) is 14.8. The first-order valence-electron chi connectivity index (χ1n) is 8.13. The molecule has 0 amide bonds. The van der Waals surface area contributed by atoms with Crippen molar-refractivity contribution in [2.24, 2.45) is 5.10 Å². The Kier molecular flexibility index (Phi) is 4.17. The first kappa shape index (κ1) is 16.9. The molecule has 0 spiro atoms. The van der Waals surface area contributed by atoms with Crippen LogP contribution in [-0.2, 0) is 5.41 Å². The van der Waals surface area contributed by atoms with Gasteiger partial charge in [-0.2, -0.15) is 9.78 Å². The van der Waals surface area contributed by atoms with Crippen molar-refractivity contribution in [1.82, 2.24) is 9.66 Å². The van der Waals surface area contributed by atoms with Gasteiger partial charge in [-0.05, 0) is 42.2 Å². The van der Waals surface area contributed by atoms with Crippen LogP contribution in [0.1, 0.15) is 37.7 Å². The summed E-state index contributed by atoms with van der Waals surface area (Å²) < 4.78 is 1.26. The average molecular weight is 335 g/mol. The van der Waals surface area contributed by atoms with Gasteiger partial charge in [0.25, 0.3) is 5.56 Å². The number of aromatic nitrogens is 2. The number of hydrogen-bond donors (Lipinski definition) is 1. The Morgan fingerprint density at radius 2 is 1.88 bits per heavy atom. The Morgan fingerprint density at radius 3 is 2.60 bits per heavy atom. The quantitative estimate of drug-likeness (QED) is 0.728. The molecule has 0 aliphatic rings. The Balaban J connectivity index is 2.09. The van der Waals surface area contributed by atoms with Crippen molar-refractivity contribution >= 4 is 17.1 Å². The molecule has 5 heteroatoms. The van der Waals surface area contributed by atoms with E-state index in [1.807, 2.05) is 18.2 Å². The fourth-order valence-corrected chi connectivity index (χ4v) is 2.62. The van der Waals surface area contributed by atoms with Gasteiger partial charge in [0.15, 0.2) is 0 Å². The highest BCUT2D eigenvalue weighted by Crippen LogP contribution is 2.26. The van der Waals surface area contributed by atoms with Gasteiger partial charge in [0.05, 0.1) is 17.1 Å². The number of nitrogens with zero attached hydrogens (tertiary/aromatic N) is 3. The van der Waals surface area contributed by atoms with Crippen LogP contribution in [0, 0.1) is 6.92 Å². The normalized spacial score (nSPS) is 12.2. The molecule has 0 saturated heterocycles. The third-order valence-electron chi connectivity index (χ3n) is 4.12. The van der Waals surface area contributed by atoms with E-state index in [2.05, 4.69) is 30.9 Å². The second kappa shape index (κ2) is 6.16. The van der Waals surface area contributed by atoms with E-state index in [9.17, 15) is 9.90 Å². The molecule has 3 rings (SSSR count). The van der Waals surface area contributed by atoms with E-state index >= 15 is 0 Å². The number of hydrogen-bond acceptors (Lipinski definition) is 4. The summed E-state index contributed by atoms with van der Waals surface area (Å²) in [6.45, 7) is 8.03. The highest BCUT2D eigenvalue weighted by Gasteiger charge is 2.15. The molecule has 2 aromatic carbocycles. The molecular formula is C20H21N3O2. The van der Waals surface area contributed by atoms with Gasteiger partial charge < -0.3 is 5.11 Å². The molecule has 0 aliphatic heterocycles. The molecule has 0 fully saturated rings. The molecule has 0 bridgehead atoms. The van der Waals surface area contributed by atoms with Crippen molar-refractivity contribution in [3.05, 3.63) is 69.8 Å². The molecule has 3 aromatic rings. The van der Waals surface area contributed by atoms with Crippen LogP contribution in [-0.4, -0.2) is 21.0 Å². The molecule has 0 atom stereocenters. The third-order valence-corrected chi connectivity index (χ3v) is 4.12. The number of fused-ring (bicyclic) bond motifs is 1. The van der Waals surface area contributed by atoms with Gasteiger partial charge in [0.2, 0.25) is 0 Å². The minimum atomic E-state index is -0.231. The van der Waals surface area contributed by atoms with Crippen LogP contribution >= 0.6 is 0 Å². The van der Waals surface area contributed by atoms with Crippen molar-refractivity contribution in [3.63, 3.8) is 0 Å². The maximum absolute atomic E-state index is 12.6. The predicted molar refractivity (Wildman–Crippen MR) is 101 cm³/mol. The highest BCUT2D eigenvalue weighted by molar-refractivity contribution is 5.84. The molecule has 128 valence electrons. The number of para-hydroxylation sites is 1. The summed E-state index contributed by atoms with van der Waals surface area (Å²) in [6, 6.07) is 12.6. The van der Waals surface area contributed by atoms with Gasteiger partial charge in [-0.15, -0.1) is 0 Å². The molecule has 1 aromatic heterocycles. The largest absolute Gasteiger partial charge is 0.507 e. The number of benzene rings is 2. The van der Waals surface area contributed by atoms with E-state index < -0.39 is 0 Å². The van der Waals surface area contributed by atoms with Gasteiger partial charge >= 0.3 is 0 Å². The van der Waals surface area contributed by atoms with Crippen LogP contribution in [0.3, 0.4) is 0 Å². The van der Waals surface area contributed by atoms with Crippen molar-refractivity contribution in [2.45, 2.75) is 33.1 Å². The van der Waals surface area contributed by atoms with Gasteiger partial charge in [-0.1, -0.05) is 39.0 Å². The number of aromatic hydroxyl groups is 1. The summed E-state index contributed by atoms with van der Waals surface area (Å²) in [5.74, 6) is 0.614. The van der Waals surface area contributed by atoms with E-state index in [0.29, 0.717) is 22.3 Å². The number of phenolic OH excluding ortho intramolecular Hbond substituents is 1. The fourth-order valence-electron chi connectivity index (χ4n) is 2.62. The minimum absolute atomic E-state index is 0.0481. The van der Waals surface area contributed by atoms with Gasteiger partial charge in [-0.3, -0.25) is 4.79 Å². The Hall–Kier alpha value is -2.95. The van der Waals surface area contributed by atoms with E-state index in [1.54, 1.807) is 31.2 Å². The van der Waals surface area contributed by atoms with E-state index in [1.165, 1.54) is 10.9 Å². The van der Waals surface area contributed by atoms with Crippen molar-refractivity contribution in [1.29, 1.82) is 0 Å². The zero-order valence-corrected chi connectivity index (χ0v) is 14.8. The minimum Gasteiger partial charge on any atom is -0.507 e. The monoisotopic (exact) mass is 335 g/mol. The van der Waals surface area contributed by atoms with Crippen molar-refractivity contribution < 1.29 is 5.11 Å². The molecule has 25 heavy (non-hydrogen) atoms. The number of aryl methyl sites for hydroxylation is 1. The lowest BCUT2D eigenvalue weighted by Crippen LogP contribution is -2.20. The van der Waals surface area contributed by atoms with Crippen molar-refractivity contribution in [2.75, 3.05) is 0 Å². The number of phenols is 1. The van der Waals surface area contributed by atoms with Crippen LogP contribution in [0.15, 0.2) is 52.4 Å². The molecule has 0 unspecified atom stereocenters. The third kappa shape index (κ3) is 3.31. The molecule has 1 heterocycles. The smallest absolute Gasteiger partial charge is 0.282 e. The van der Waals surface area contributed by atoms with Crippen LogP contribution in [0.5, 0.6) is 5.75 Å². The summed E-state index contributed by atoms with van der Waals surface area (Å²) in [7, 11) is 0. The molecular weight excluding hydrogens is 314 g/mol. The second-order valence-electron chi connectivity index (χ2n) is 7.06. The fraction of sp³-hybridized carbons (Fsp3) is 0.250. The van der Waals surface area contributed by atoms with Crippen LogP contribution < -0.4 is 5.56 Å². The summed E-state index contributed by atoms with van der Waals surface area (Å²) in [6.07, 6.45) is 1.50. The van der Waals surface area contributed by atoms with Gasteiger partial charge in [0.1, 0.15) is 11.6 Å². The SMILES string of the molecule is Cc1nc2ccccc2c(=O)n1N=Cc1cc(C(C)(C)C)ccc1O. The van der Waals surface area contributed by atoms with Crippen LogP contribution in [0.4, 0.5) is 0 Å². The lowest BCUT2D eigenvalue weighted by Gasteiger charge is -2.19. The molecule has 0 radical (unpaired) electrons. The van der Waals surface area contributed by atoms with Crippen LogP contribution in [0.2, 0.25) is 0 Å². The zero-order chi connectivity index (χ0) is 18.2. The molecule has 5 nitrogen and oxygen atoms in total. The maximum atomic E-state index is 12.6. The molecule has 0 aliphatic carbocycles. The van der Waals surface area contributed by atoms with E-state index in [0.717, 1.165) is 5.56 Å². The molecule has 1 N–H and O–H groups in total. The van der Waals surface area contributed by atoms with E-state index in [-0.39, 0.29) is 16.7 Å². The number of rotatable bonds is 2. The first-order chi connectivity index (χ1) is 11.8. The predicted octanol–water partition coefficient (Wildman–Crippen LogP) is 3.59. The Labute approximate surface area is 146 Å². The maximum Gasteiger partial charge on any atom is 0.282 e. The van der Waals surface area contributed by atoms with Crippen LogP contribution in [0.25, 0.3) is 10.9 Å². The first-order valence-corrected chi connectivity index (χ1v) is 8.13. The molecule has 0 saturated carbocycles. The summed E-state index contributed by atoms with van der Waals surface area (Å²) in [4.78, 5) is 17.0. The standard InChI is InChI=1S/C20H21N3O2/c1-13-22-17-8-6-5-7-16(17)19(25)23(13)21-12-14-11-15(20(2,3)4)9-10-18(14)24/h5-12,24H,1-4H3. The lowest BCUT2D eigenvalue weighted by molar-refractivity contribution is 0.473. The van der Waals surface area contributed by atoms with Crippen molar-refractivity contribution in [3.8, 4) is 5.75 Å². The topological polar surface area (TPSA) is 67.5 Å². The average Bonchev–Trinajstić information content (AvgIpc) is 2.55. The summed E-state index contributed by atoms with van der Waals surface area (Å²) in [5.41, 5.74) is 2.01. The van der Waals surface area contributed by atoms with Gasteiger partial charge in [0, 0.05) is 5.56 Å². The summed E-state index contributed by atoms with van der Waals surface area (Å²) >= 11 is 0. The highest BCUT2D eigenvalue weighted by atomic mass is 16.3. The second-order valence-corrected chi connectivity index (χ2v) is 7.06.